The van der Waals surface area contributed by atoms with E-state index in [0.717, 1.165) is 64.2 Å². The van der Waals surface area contributed by atoms with E-state index < -0.39 is 26.6 Å². The number of amides is 1. The van der Waals surface area contributed by atoms with E-state index in [0.29, 0.717) is 17.4 Å². The van der Waals surface area contributed by atoms with E-state index in [1.54, 1.807) is 0 Å². The van der Waals surface area contributed by atoms with Gasteiger partial charge in [0.1, 0.15) is 19.3 Å². The summed E-state index contributed by atoms with van der Waals surface area (Å²) in [6.07, 6.45) is 76.7. The SMILES string of the molecule is CC\C=C/C=C/C=C/C=C\C=C\C=C\CCCCCC(=O)NC(COP(=O)([O-])OCC[N+](C)(C)C)C(/C=C\CCCCCCCCCCCC)OC(=O)CCCCCCCCCCCCCCC/C=C/CCCCCCCC. The third-order valence-electron chi connectivity index (χ3n) is 13.9. The number of carbonyl (C=O) groups is 2. The number of phosphoric ester groups is 1. The number of quaternary nitrogens is 1. The lowest BCUT2D eigenvalue weighted by atomic mass is 10.0. The second kappa shape index (κ2) is 57.2. The van der Waals surface area contributed by atoms with Gasteiger partial charge in [-0.2, -0.15) is 0 Å². The lowest BCUT2D eigenvalue weighted by Crippen LogP contribution is -2.47. The Morgan fingerprint density at radius 3 is 1.28 bits per heavy atom. The molecule has 450 valence electrons. The Bertz CT molecular complexity index is 1660. The van der Waals surface area contributed by atoms with Crippen molar-refractivity contribution < 1.29 is 37.3 Å². The summed E-state index contributed by atoms with van der Waals surface area (Å²) < 4.78 is 30.3. The lowest BCUT2D eigenvalue weighted by molar-refractivity contribution is -0.870. The third kappa shape index (κ3) is 57.6. The van der Waals surface area contributed by atoms with Crippen LogP contribution in [0.3, 0.4) is 0 Å². The number of likely N-dealkylation sites (N-methyl/N-ethyl adjacent to an activating group) is 1. The van der Waals surface area contributed by atoms with Gasteiger partial charge < -0.3 is 28.5 Å². The van der Waals surface area contributed by atoms with Gasteiger partial charge >= 0.3 is 5.97 Å². The first-order valence-electron chi connectivity index (χ1n) is 32.1. The normalized spacial score (nSPS) is 14.3. The molecule has 0 aliphatic heterocycles. The Labute approximate surface area is 481 Å². The van der Waals surface area contributed by atoms with Crippen LogP contribution in [0.1, 0.15) is 271 Å². The summed E-state index contributed by atoms with van der Waals surface area (Å²) in [5.74, 6) is -0.592. The molecule has 10 heteroatoms. The molecule has 1 N–H and O–H groups in total. The zero-order chi connectivity index (χ0) is 57.2. The van der Waals surface area contributed by atoms with Gasteiger partial charge in [-0.15, -0.1) is 0 Å². The molecule has 0 aliphatic rings. The van der Waals surface area contributed by atoms with Crippen LogP contribution in [0, 0.1) is 0 Å². The van der Waals surface area contributed by atoms with E-state index in [4.69, 9.17) is 13.8 Å². The first-order valence-corrected chi connectivity index (χ1v) is 33.6. The number of allylic oxidation sites excluding steroid dienone is 15. The zero-order valence-electron chi connectivity index (χ0n) is 51.3. The van der Waals surface area contributed by atoms with Crippen molar-refractivity contribution in [3.63, 3.8) is 0 Å². The smallest absolute Gasteiger partial charge is 0.306 e. The van der Waals surface area contributed by atoms with Crippen molar-refractivity contribution in [2.75, 3.05) is 40.9 Å². The topological polar surface area (TPSA) is 114 Å². The predicted molar refractivity (Wildman–Crippen MR) is 334 cm³/mol. The number of hydrogen-bond acceptors (Lipinski definition) is 7. The number of ether oxygens (including phenoxy) is 1. The molecule has 0 aliphatic carbocycles. The summed E-state index contributed by atoms with van der Waals surface area (Å²) in [6, 6.07) is -0.917. The second-order valence-electron chi connectivity index (χ2n) is 22.7. The average Bonchev–Trinajstić information content (AvgIpc) is 3.40. The zero-order valence-corrected chi connectivity index (χ0v) is 52.2. The molecule has 0 fully saturated rings. The molecule has 0 saturated heterocycles. The van der Waals surface area contributed by atoms with Gasteiger partial charge in [0.15, 0.2) is 0 Å². The van der Waals surface area contributed by atoms with Crippen LogP contribution < -0.4 is 10.2 Å². The molecule has 1 amide bonds. The van der Waals surface area contributed by atoms with Crippen molar-refractivity contribution >= 4 is 19.7 Å². The molecular formula is C68H121N2O7P. The molecular weight excluding hydrogens is 988 g/mol. The van der Waals surface area contributed by atoms with Crippen LogP contribution in [-0.4, -0.2) is 69.4 Å². The maximum Gasteiger partial charge on any atom is 0.306 e. The average molecular weight is 1110 g/mol. The number of nitrogens with one attached hydrogen (secondary N) is 1. The van der Waals surface area contributed by atoms with Crippen molar-refractivity contribution in [3.8, 4) is 0 Å². The predicted octanol–water partition coefficient (Wildman–Crippen LogP) is 19.3. The molecule has 0 aromatic heterocycles. The summed E-state index contributed by atoms with van der Waals surface area (Å²) in [5.41, 5.74) is 0. The van der Waals surface area contributed by atoms with Crippen LogP contribution >= 0.6 is 7.82 Å². The van der Waals surface area contributed by atoms with Crippen LogP contribution in [0.2, 0.25) is 0 Å². The molecule has 0 rings (SSSR count). The third-order valence-corrected chi connectivity index (χ3v) is 14.9. The minimum atomic E-state index is -4.72. The van der Waals surface area contributed by atoms with E-state index in [2.05, 4.69) is 50.4 Å². The number of esters is 1. The maximum atomic E-state index is 13.5. The van der Waals surface area contributed by atoms with Gasteiger partial charge in [0.05, 0.1) is 33.8 Å². The Balaban J connectivity index is 5.24. The number of rotatable bonds is 57. The van der Waals surface area contributed by atoms with Gasteiger partial charge in [0.2, 0.25) is 5.91 Å². The number of hydrogen-bond donors (Lipinski definition) is 1. The van der Waals surface area contributed by atoms with Gasteiger partial charge in [0, 0.05) is 12.8 Å². The van der Waals surface area contributed by atoms with Crippen LogP contribution in [0.4, 0.5) is 0 Å². The minimum Gasteiger partial charge on any atom is -0.756 e. The van der Waals surface area contributed by atoms with E-state index in [-0.39, 0.29) is 31.3 Å². The molecule has 9 nitrogen and oxygen atoms in total. The summed E-state index contributed by atoms with van der Waals surface area (Å²) >= 11 is 0. The Morgan fingerprint density at radius 2 is 0.833 bits per heavy atom. The standard InChI is InChI=1S/C68H121N2O7P/c1-7-10-13-16-19-22-25-28-30-32-33-34-35-36-37-39-41-43-46-49-52-55-58-61-68(72)77-66(59-56-53-50-47-44-27-24-21-18-15-12-9-3)65(64-76-78(73,74)75-63-62-70(4,5)6)69-67(71)60-57-54-51-48-45-42-40-38-31-29-26-23-20-17-14-11-8-2/h11,14,17,20,23,26,28-31,38,40,42,45,56,59,65-66H,7-10,12-13,15-16,18-19,21-22,24-25,27,32-37,39,41,43-44,46-55,57-58,60-64H2,1-6H3,(H-,69,71,73,74)/b14-11-,20-17+,26-23+,30-28+,31-29-,40-38+,45-42+,59-56-. The highest BCUT2D eigenvalue weighted by Crippen LogP contribution is 2.38. The van der Waals surface area contributed by atoms with Crippen LogP contribution in [0.25, 0.3) is 0 Å². The second-order valence-corrected chi connectivity index (χ2v) is 24.1. The molecule has 0 bridgehead atoms. The fourth-order valence-electron chi connectivity index (χ4n) is 8.96. The Hall–Kier alpha value is -3.07. The van der Waals surface area contributed by atoms with Gasteiger partial charge in [0.25, 0.3) is 7.82 Å². The molecule has 0 spiro atoms. The first kappa shape index (κ1) is 74.9. The van der Waals surface area contributed by atoms with Gasteiger partial charge in [-0.1, -0.05) is 279 Å². The molecule has 0 radical (unpaired) electrons. The number of carbonyl (C=O) groups excluding carboxylic acids is 2. The molecule has 0 heterocycles. The Kier molecular flexibility index (Phi) is 54.9. The minimum absolute atomic E-state index is 0.0355. The quantitative estimate of drug-likeness (QED) is 0.0161. The fourth-order valence-corrected chi connectivity index (χ4v) is 9.68. The van der Waals surface area contributed by atoms with E-state index in [1.807, 2.05) is 94.1 Å². The highest BCUT2D eigenvalue weighted by Gasteiger charge is 2.27. The Morgan fingerprint density at radius 1 is 0.462 bits per heavy atom. The molecule has 0 saturated carbocycles. The fraction of sp³-hybridized carbons (Fsp3) is 0.735. The van der Waals surface area contributed by atoms with Crippen molar-refractivity contribution in [2.45, 2.75) is 283 Å². The van der Waals surface area contributed by atoms with Gasteiger partial charge in [-0.3, -0.25) is 14.2 Å². The lowest BCUT2D eigenvalue weighted by Gasteiger charge is -2.30. The molecule has 0 aromatic rings. The van der Waals surface area contributed by atoms with Crippen molar-refractivity contribution in [1.29, 1.82) is 0 Å². The van der Waals surface area contributed by atoms with Crippen LogP contribution in [0.5, 0.6) is 0 Å². The number of phosphoric acid groups is 1. The van der Waals surface area contributed by atoms with Crippen LogP contribution in [-0.2, 0) is 27.9 Å². The van der Waals surface area contributed by atoms with Gasteiger partial charge in [-0.05, 0) is 76.7 Å². The maximum absolute atomic E-state index is 13.5. The summed E-state index contributed by atoms with van der Waals surface area (Å²) in [7, 11) is 1.14. The molecule has 3 unspecified atom stereocenters. The first-order chi connectivity index (χ1) is 37.9. The van der Waals surface area contributed by atoms with Crippen molar-refractivity contribution in [2.24, 2.45) is 0 Å². The number of nitrogens with zero attached hydrogens (tertiary/aromatic N) is 1. The van der Waals surface area contributed by atoms with E-state index in [1.165, 1.54) is 167 Å². The van der Waals surface area contributed by atoms with E-state index >= 15 is 0 Å². The van der Waals surface area contributed by atoms with Crippen molar-refractivity contribution in [3.05, 3.63) is 97.2 Å². The summed E-state index contributed by atoms with van der Waals surface area (Å²) in [5, 5.41) is 3.00. The molecule has 0 aromatic carbocycles. The van der Waals surface area contributed by atoms with E-state index in [9.17, 15) is 19.0 Å². The summed E-state index contributed by atoms with van der Waals surface area (Å²) in [6.45, 7) is 6.66. The number of unbranched alkanes of at least 4 members (excludes halogenated alkanes) is 32. The highest BCUT2D eigenvalue weighted by atomic mass is 31.2. The monoisotopic (exact) mass is 1110 g/mol. The van der Waals surface area contributed by atoms with Crippen molar-refractivity contribution in [1.82, 2.24) is 5.32 Å². The molecule has 78 heavy (non-hydrogen) atoms. The largest absolute Gasteiger partial charge is 0.756 e. The van der Waals surface area contributed by atoms with Gasteiger partial charge in [-0.25, -0.2) is 0 Å². The highest BCUT2D eigenvalue weighted by molar-refractivity contribution is 7.45. The molecule has 3 atom stereocenters. The van der Waals surface area contributed by atoms with Crippen LogP contribution in [0.15, 0.2) is 97.2 Å². The summed E-state index contributed by atoms with van der Waals surface area (Å²) in [4.78, 5) is 40.0.